The van der Waals surface area contributed by atoms with E-state index in [9.17, 15) is 9.59 Å². The van der Waals surface area contributed by atoms with Crippen LogP contribution in [0.4, 0.5) is 5.82 Å². The Morgan fingerprint density at radius 1 is 1.39 bits per heavy atom. The van der Waals surface area contributed by atoms with Gasteiger partial charge in [0.05, 0.1) is 12.6 Å². The molecule has 0 aromatic carbocycles. The highest BCUT2D eigenvalue weighted by Crippen LogP contribution is 2.09. The third kappa shape index (κ3) is 2.28. The topological polar surface area (TPSA) is 100 Å². The zero-order valence-corrected chi connectivity index (χ0v) is 10.6. The molecule has 0 fully saturated rings. The maximum atomic E-state index is 11.8. The van der Waals surface area contributed by atoms with Gasteiger partial charge in [0.15, 0.2) is 5.56 Å². The van der Waals surface area contributed by atoms with Crippen molar-refractivity contribution in [3.63, 3.8) is 0 Å². The van der Waals surface area contributed by atoms with Gasteiger partial charge in [0.1, 0.15) is 11.9 Å². The zero-order valence-electron chi connectivity index (χ0n) is 10.6. The Balaban J connectivity index is 3.49. The lowest BCUT2D eigenvalue weighted by Gasteiger charge is -2.19. The van der Waals surface area contributed by atoms with Gasteiger partial charge in [0.25, 0.3) is 5.56 Å². The zero-order chi connectivity index (χ0) is 13.9. The summed E-state index contributed by atoms with van der Waals surface area (Å²) in [6, 6.07) is 1.48. The smallest absolute Gasteiger partial charge is 0.332 e. The Hall–Kier alpha value is -2.07. The minimum Gasteiger partial charge on any atom is -0.394 e. The first-order valence-electron chi connectivity index (χ1n) is 5.55. The van der Waals surface area contributed by atoms with Crippen molar-refractivity contribution in [1.29, 1.82) is 5.26 Å². The summed E-state index contributed by atoms with van der Waals surface area (Å²) >= 11 is 0. The predicted octanol–water partition coefficient (Wildman–Crippen LogP) is -0.862. The monoisotopic (exact) mass is 252 g/mol. The molecule has 0 saturated heterocycles. The van der Waals surface area contributed by atoms with E-state index in [4.69, 9.17) is 10.4 Å². The number of aromatic nitrogens is 2. The van der Waals surface area contributed by atoms with E-state index in [-0.39, 0.29) is 24.0 Å². The van der Waals surface area contributed by atoms with Gasteiger partial charge >= 0.3 is 5.69 Å². The highest BCUT2D eigenvalue weighted by molar-refractivity contribution is 5.51. The van der Waals surface area contributed by atoms with E-state index < -0.39 is 11.2 Å². The molecule has 7 heteroatoms. The Kier molecular flexibility index (Phi) is 4.28. The summed E-state index contributed by atoms with van der Waals surface area (Å²) in [5.74, 6) is 0.145. The van der Waals surface area contributed by atoms with Crippen molar-refractivity contribution in [3.8, 4) is 6.07 Å². The minimum absolute atomic E-state index is 0.133. The van der Waals surface area contributed by atoms with Crippen molar-refractivity contribution < 1.29 is 5.11 Å². The number of hydrogen-bond acceptors (Lipinski definition) is 5. The third-order valence-corrected chi connectivity index (χ3v) is 2.83. The molecule has 1 rings (SSSR count). The lowest BCUT2D eigenvalue weighted by atomic mass is 10.2. The molecule has 1 atom stereocenters. The molecule has 0 spiro atoms. The van der Waals surface area contributed by atoms with Crippen LogP contribution in [0.5, 0.6) is 0 Å². The number of hydrogen-bond donors (Lipinski definition) is 2. The molecule has 98 valence electrons. The average Bonchev–Trinajstić information content (AvgIpc) is 2.39. The fourth-order valence-electron chi connectivity index (χ4n) is 1.58. The molecule has 0 saturated carbocycles. The van der Waals surface area contributed by atoms with Gasteiger partial charge in [-0.1, -0.05) is 6.92 Å². The predicted molar refractivity (Wildman–Crippen MR) is 66.4 cm³/mol. The normalized spacial score (nSPS) is 11.9. The molecular formula is C11H16N4O3. The summed E-state index contributed by atoms with van der Waals surface area (Å²) in [7, 11) is 2.79. The molecule has 1 heterocycles. The maximum Gasteiger partial charge on any atom is 0.332 e. The summed E-state index contributed by atoms with van der Waals surface area (Å²) in [6.07, 6.45) is 0.602. The SMILES string of the molecule is CCC(CO)Nc1c(C#N)c(=O)n(C)c(=O)n1C. The van der Waals surface area contributed by atoms with Crippen LogP contribution in [0.2, 0.25) is 0 Å². The van der Waals surface area contributed by atoms with Crippen molar-refractivity contribution in [1.82, 2.24) is 9.13 Å². The van der Waals surface area contributed by atoms with E-state index in [0.29, 0.717) is 6.42 Å². The van der Waals surface area contributed by atoms with Gasteiger partial charge in [-0.3, -0.25) is 13.9 Å². The number of nitriles is 1. The second-order valence-electron chi connectivity index (χ2n) is 3.97. The van der Waals surface area contributed by atoms with Crippen LogP contribution in [-0.2, 0) is 14.1 Å². The molecule has 0 bridgehead atoms. The van der Waals surface area contributed by atoms with E-state index in [1.165, 1.54) is 18.7 Å². The molecule has 0 aliphatic rings. The van der Waals surface area contributed by atoms with Crippen molar-refractivity contribution in [2.75, 3.05) is 11.9 Å². The number of rotatable bonds is 4. The maximum absolute atomic E-state index is 11.8. The summed E-state index contributed by atoms with van der Waals surface area (Å²) in [4.78, 5) is 23.5. The van der Waals surface area contributed by atoms with E-state index in [1.807, 2.05) is 6.92 Å². The number of aliphatic hydroxyl groups is 1. The van der Waals surface area contributed by atoms with E-state index in [1.54, 1.807) is 6.07 Å². The van der Waals surface area contributed by atoms with E-state index in [0.717, 1.165) is 4.57 Å². The third-order valence-electron chi connectivity index (χ3n) is 2.83. The Morgan fingerprint density at radius 3 is 2.44 bits per heavy atom. The molecule has 0 radical (unpaired) electrons. The van der Waals surface area contributed by atoms with Crippen LogP contribution in [0, 0.1) is 11.3 Å². The molecule has 2 N–H and O–H groups in total. The van der Waals surface area contributed by atoms with Crippen molar-refractivity contribution in [2.45, 2.75) is 19.4 Å². The van der Waals surface area contributed by atoms with E-state index >= 15 is 0 Å². The molecule has 0 aliphatic carbocycles. The highest BCUT2D eigenvalue weighted by Gasteiger charge is 2.17. The van der Waals surface area contributed by atoms with Crippen LogP contribution in [0.1, 0.15) is 18.9 Å². The van der Waals surface area contributed by atoms with Gasteiger partial charge in [-0.2, -0.15) is 5.26 Å². The van der Waals surface area contributed by atoms with E-state index in [2.05, 4.69) is 5.32 Å². The molecular weight excluding hydrogens is 236 g/mol. The molecule has 1 aromatic heterocycles. The molecule has 18 heavy (non-hydrogen) atoms. The minimum atomic E-state index is -0.643. The fourth-order valence-corrected chi connectivity index (χ4v) is 1.58. The number of anilines is 1. The quantitative estimate of drug-likeness (QED) is 0.726. The van der Waals surface area contributed by atoms with Crippen LogP contribution in [0.3, 0.4) is 0 Å². The van der Waals surface area contributed by atoms with Crippen LogP contribution >= 0.6 is 0 Å². The fraction of sp³-hybridized carbons (Fsp3) is 0.545. The molecule has 7 nitrogen and oxygen atoms in total. The van der Waals surface area contributed by atoms with Gasteiger partial charge in [-0.25, -0.2) is 4.79 Å². The average molecular weight is 252 g/mol. The Labute approximate surface area is 104 Å². The highest BCUT2D eigenvalue weighted by atomic mass is 16.3. The first kappa shape index (κ1) is 14.0. The van der Waals surface area contributed by atoms with Crippen LogP contribution in [0.25, 0.3) is 0 Å². The second kappa shape index (κ2) is 5.51. The Bertz CT molecular complexity index is 590. The first-order chi connectivity index (χ1) is 8.47. The summed E-state index contributed by atoms with van der Waals surface area (Å²) in [5, 5.41) is 21.0. The van der Waals surface area contributed by atoms with Crippen molar-refractivity contribution in [2.24, 2.45) is 14.1 Å². The summed E-state index contributed by atoms with van der Waals surface area (Å²) in [5.41, 5.74) is -1.29. The largest absolute Gasteiger partial charge is 0.394 e. The summed E-state index contributed by atoms with van der Waals surface area (Å²) < 4.78 is 2.07. The van der Waals surface area contributed by atoms with Crippen LogP contribution < -0.4 is 16.6 Å². The number of nitrogens with one attached hydrogen (secondary N) is 1. The van der Waals surface area contributed by atoms with Gasteiger partial charge in [0, 0.05) is 14.1 Å². The number of nitrogens with zero attached hydrogens (tertiary/aromatic N) is 3. The number of aliphatic hydroxyl groups excluding tert-OH is 1. The summed E-state index contributed by atoms with van der Waals surface area (Å²) in [6.45, 7) is 1.70. The van der Waals surface area contributed by atoms with Gasteiger partial charge in [-0.05, 0) is 6.42 Å². The standard InChI is InChI=1S/C11H16N4O3/c1-4-7(6-16)13-9-8(5-12)10(17)15(3)11(18)14(9)2/h7,13,16H,4,6H2,1-3H3. The molecule has 1 aromatic rings. The molecule has 0 aliphatic heterocycles. The van der Waals surface area contributed by atoms with Gasteiger partial charge in [0.2, 0.25) is 0 Å². The van der Waals surface area contributed by atoms with Crippen LogP contribution in [-0.4, -0.2) is 26.9 Å². The van der Waals surface area contributed by atoms with Gasteiger partial charge < -0.3 is 10.4 Å². The van der Waals surface area contributed by atoms with Crippen molar-refractivity contribution >= 4 is 5.82 Å². The van der Waals surface area contributed by atoms with Crippen LogP contribution in [0.15, 0.2) is 9.59 Å². The molecule has 0 amide bonds. The first-order valence-corrected chi connectivity index (χ1v) is 5.55. The van der Waals surface area contributed by atoms with Gasteiger partial charge in [-0.15, -0.1) is 0 Å². The molecule has 1 unspecified atom stereocenters. The van der Waals surface area contributed by atoms with Crippen molar-refractivity contribution in [3.05, 3.63) is 26.4 Å². The lowest BCUT2D eigenvalue weighted by molar-refractivity contribution is 0.271. The second-order valence-corrected chi connectivity index (χ2v) is 3.97. The Morgan fingerprint density at radius 2 is 2.00 bits per heavy atom. The lowest BCUT2D eigenvalue weighted by Crippen LogP contribution is -2.41.